The number of hydrogen-bond acceptors (Lipinski definition) is 5. The van der Waals surface area contributed by atoms with Gasteiger partial charge in [0.15, 0.2) is 0 Å². The summed E-state index contributed by atoms with van der Waals surface area (Å²) in [6.07, 6.45) is 0. The highest BCUT2D eigenvalue weighted by molar-refractivity contribution is 6.09. The van der Waals surface area contributed by atoms with E-state index in [0.717, 1.165) is 21.2 Å². The molecule has 0 radical (unpaired) electrons. The molecule has 1 heterocycles. The molecular weight excluding hydrogens is 386 g/mol. The van der Waals surface area contributed by atoms with Crippen LogP contribution >= 0.6 is 0 Å². The third-order valence-corrected chi connectivity index (χ3v) is 5.22. The van der Waals surface area contributed by atoms with Crippen LogP contribution in [0.25, 0.3) is 10.8 Å². The quantitative estimate of drug-likeness (QED) is 0.384. The second-order valence-electron chi connectivity index (χ2n) is 7.14. The van der Waals surface area contributed by atoms with E-state index < -0.39 is 16.5 Å². The topological polar surface area (TPSA) is 102 Å². The SMILES string of the molecule is CC1(c2cccc3ccccc23)NC(=O)N(CCOc2cccc([N+](=O)[O-])c2)C1=O. The molecule has 1 unspecified atom stereocenters. The number of fused-ring (bicyclic) bond motifs is 1. The summed E-state index contributed by atoms with van der Waals surface area (Å²) >= 11 is 0. The Morgan fingerprint density at radius 3 is 2.60 bits per heavy atom. The van der Waals surface area contributed by atoms with Crippen LogP contribution in [0, 0.1) is 10.1 Å². The standard InChI is InChI=1S/C22H19N3O5/c1-22(19-11-4-7-15-6-2-3-10-18(15)19)20(26)24(21(27)23-22)12-13-30-17-9-5-8-16(14-17)25(28)29/h2-11,14H,12-13H2,1H3,(H,23,27). The number of nitro benzene ring substituents is 1. The molecule has 4 rings (SSSR count). The average molecular weight is 405 g/mol. The third kappa shape index (κ3) is 3.32. The summed E-state index contributed by atoms with van der Waals surface area (Å²) in [5, 5.41) is 15.5. The van der Waals surface area contributed by atoms with E-state index in [2.05, 4.69) is 5.32 Å². The maximum Gasteiger partial charge on any atom is 0.325 e. The summed E-state index contributed by atoms with van der Waals surface area (Å²) in [6, 6.07) is 18.6. The van der Waals surface area contributed by atoms with Crippen molar-refractivity contribution in [1.29, 1.82) is 0 Å². The fourth-order valence-corrected chi connectivity index (χ4v) is 3.69. The monoisotopic (exact) mass is 405 g/mol. The first kappa shape index (κ1) is 19.4. The van der Waals surface area contributed by atoms with Gasteiger partial charge in [-0.1, -0.05) is 48.5 Å². The van der Waals surface area contributed by atoms with Crippen molar-refractivity contribution in [2.45, 2.75) is 12.5 Å². The van der Waals surface area contributed by atoms with Crippen molar-refractivity contribution >= 4 is 28.4 Å². The molecule has 1 saturated heterocycles. The van der Waals surface area contributed by atoms with Crippen LogP contribution in [0.2, 0.25) is 0 Å². The maximum atomic E-state index is 13.2. The lowest BCUT2D eigenvalue weighted by Crippen LogP contribution is -2.41. The van der Waals surface area contributed by atoms with E-state index in [1.165, 1.54) is 18.2 Å². The first-order valence-corrected chi connectivity index (χ1v) is 9.40. The molecule has 152 valence electrons. The minimum Gasteiger partial charge on any atom is -0.491 e. The predicted molar refractivity (Wildman–Crippen MR) is 110 cm³/mol. The van der Waals surface area contributed by atoms with Crippen LogP contribution in [0.1, 0.15) is 12.5 Å². The Kier molecular flexibility index (Phi) is 4.83. The largest absolute Gasteiger partial charge is 0.491 e. The molecule has 30 heavy (non-hydrogen) atoms. The Hall–Kier alpha value is -3.94. The Bertz CT molecular complexity index is 1160. The lowest BCUT2D eigenvalue weighted by Gasteiger charge is -2.24. The Labute approximate surface area is 172 Å². The molecule has 0 bridgehead atoms. The summed E-state index contributed by atoms with van der Waals surface area (Å²) < 4.78 is 5.52. The van der Waals surface area contributed by atoms with E-state index in [1.807, 2.05) is 42.5 Å². The van der Waals surface area contributed by atoms with Crippen molar-refractivity contribution < 1.29 is 19.2 Å². The van der Waals surface area contributed by atoms with Crippen molar-refractivity contribution in [1.82, 2.24) is 10.2 Å². The molecule has 1 N–H and O–H groups in total. The van der Waals surface area contributed by atoms with E-state index in [4.69, 9.17) is 4.74 Å². The van der Waals surface area contributed by atoms with Gasteiger partial charge in [-0.25, -0.2) is 4.79 Å². The van der Waals surface area contributed by atoms with Gasteiger partial charge in [0.25, 0.3) is 11.6 Å². The zero-order valence-electron chi connectivity index (χ0n) is 16.2. The fraction of sp³-hybridized carbons (Fsp3) is 0.182. The number of ether oxygens (including phenoxy) is 1. The third-order valence-electron chi connectivity index (χ3n) is 5.22. The average Bonchev–Trinajstić information content (AvgIpc) is 2.97. The molecular formula is C22H19N3O5. The van der Waals surface area contributed by atoms with E-state index in [9.17, 15) is 19.7 Å². The van der Waals surface area contributed by atoms with Crippen molar-refractivity contribution in [3.63, 3.8) is 0 Å². The first-order valence-electron chi connectivity index (χ1n) is 9.40. The molecule has 1 aliphatic rings. The van der Waals surface area contributed by atoms with Gasteiger partial charge in [0.2, 0.25) is 0 Å². The number of urea groups is 1. The lowest BCUT2D eigenvalue weighted by molar-refractivity contribution is -0.384. The summed E-state index contributed by atoms with van der Waals surface area (Å²) in [4.78, 5) is 37.2. The lowest BCUT2D eigenvalue weighted by atomic mass is 9.88. The normalized spacial score (nSPS) is 18.5. The molecule has 3 aromatic rings. The number of rotatable bonds is 6. The molecule has 0 saturated carbocycles. The molecule has 1 aliphatic heterocycles. The zero-order chi connectivity index (χ0) is 21.3. The molecule has 8 heteroatoms. The number of nitrogens with zero attached hydrogens (tertiary/aromatic N) is 2. The van der Waals surface area contributed by atoms with Crippen molar-refractivity contribution in [2.75, 3.05) is 13.2 Å². The first-order chi connectivity index (χ1) is 14.4. The highest BCUT2D eigenvalue weighted by Crippen LogP contribution is 2.33. The van der Waals surface area contributed by atoms with Crippen LogP contribution in [0.5, 0.6) is 5.75 Å². The van der Waals surface area contributed by atoms with Crippen LogP contribution in [-0.4, -0.2) is 34.9 Å². The van der Waals surface area contributed by atoms with Gasteiger partial charge in [-0.3, -0.25) is 19.8 Å². The van der Waals surface area contributed by atoms with Gasteiger partial charge in [-0.05, 0) is 29.3 Å². The van der Waals surface area contributed by atoms with Gasteiger partial charge in [0.05, 0.1) is 17.5 Å². The molecule has 8 nitrogen and oxygen atoms in total. The number of imide groups is 1. The minimum atomic E-state index is -1.19. The summed E-state index contributed by atoms with van der Waals surface area (Å²) in [6.45, 7) is 1.73. The fourth-order valence-electron chi connectivity index (χ4n) is 3.69. The molecule has 3 aromatic carbocycles. The molecule has 1 fully saturated rings. The highest BCUT2D eigenvalue weighted by Gasteiger charge is 2.49. The van der Waals surface area contributed by atoms with Crippen LogP contribution in [0.3, 0.4) is 0 Å². The molecule has 3 amide bonds. The summed E-state index contributed by atoms with van der Waals surface area (Å²) in [5.74, 6) is -0.0698. The second-order valence-corrected chi connectivity index (χ2v) is 7.14. The Balaban J connectivity index is 1.51. The van der Waals surface area contributed by atoms with E-state index in [1.54, 1.807) is 13.0 Å². The molecule has 0 spiro atoms. The number of non-ortho nitro benzene ring substituents is 1. The number of carbonyl (C=O) groups is 2. The van der Waals surface area contributed by atoms with Crippen LogP contribution in [0.4, 0.5) is 10.5 Å². The maximum absolute atomic E-state index is 13.2. The highest BCUT2D eigenvalue weighted by atomic mass is 16.6. The van der Waals surface area contributed by atoms with Gasteiger partial charge >= 0.3 is 6.03 Å². The number of carbonyl (C=O) groups excluding carboxylic acids is 2. The van der Waals surface area contributed by atoms with E-state index in [0.29, 0.717) is 5.75 Å². The van der Waals surface area contributed by atoms with Crippen molar-refractivity contribution in [3.8, 4) is 5.75 Å². The molecule has 0 aromatic heterocycles. The summed E-state index contributed by atoms with van der Waals surface area (Å²) in [5.41, 5.74) is -0.559. The smallest absolute Gasteiger partial charge is 0.325 e. The molecule has 0 aliphatic carbocycles. The van der Waals surface area contributed by atoms with Crippen molar-refractivity contribution in [2.24, 2.45) is 0 Å². The van der Waals surface area contributed by atoms with Gasteiger partial charge < -0.3 is 10.1 Å². The number of nitrogens with one attached hydrogen (secondary N) is 1. The number of benzene rings is 3. The predicted octanol–water partition coefficient (Wildman–Crippen LogP) is 3.59. The van der Waals surface area contributed by atoms with Crippen LogP contribution in [-0.2, 0) is 10.3 Å². The van der Waals surface area contributed by atoms with Crippen LogP contribution in [0.15, 0.2) is 66.7 Å². The van der Waals surface area contributed by atoms with Gasteiger partial charge in [-0.15, -0.1) is 0 Å². The zero-order valence-corrected chi connectivity index (χ0v) is 16.2. The van der Waals surface area contributed by atoms with Gasteiger partial charge in [0.1, 0.15) is 17.9 Å². The summed E-state index contributed by atoms with van der Waals surface area (Å²) in [7, 11) is 0. The second kappa shape index (κ2) is 7.47. The van der Waals surface area contributed by atoms with E-state index in [-0.39, 0.29) is 24.7 Å². The minimum absolute atomic E-state index is 0.0198. The number of amides is 3. The van der Waals surface area contributed by atoms with Crippen LogP contribution < -0.4 is 10.1 Å². The van der Waals surface area contributed by atoms with Gasteiger partial charge in [-0.2, -0.15) is 0 Å². The van der Waals surface area contributed by atoms with Gasteiger partial charge in [0, 0.05) is 6.07 Å². The Morgan fingerprint density at radius 1 is 1.07 bits per heavy atom. The number of hydrogen-bond donors (Lipinski definition) is 1. The number of nitro groups is 1. The Morgan fingerprint density at radius 2 is 1.80 bits per heavy atom. The van der Waals surface area contributed by atoms with E-state index >= 15 is 0 Å². The van der Waals surface area contributed by atoms with Crippen molar-refractivity contribution in [3.05, 3.63) is 82.4 Å². The molecule has 1 atom stereocenters.